The molecule has 22 heavy (non-hydrogen) atoms. The number of fused-ring (bicyclic) bond motifs is 1. The van der Waals surface area contributed by atoms with E-state index in [0.717, 1.165) is 33.6 Å². The Balaban J connectivity index is 1.80. The summed E-state index contributed by atoms with van der Waals surface area (Å²) in [5.74, 6) is 1.94. The molecule has 7 heteroatoms. The second-order valence-electron chi connectivity index (χ2n) is 5.63. The average molecular weight is 333 g/mol. The number of hydrogen-bond acceptors (Lipinski definition) is 6. The van der Waals surface area contributed by atoms with Crippen molar-refractivity contribution in [3.63, 3.8) is 0 Å². The highest BCUT2D eigenvalue weighted by Crippen LogP contribution is 2.25. The second kappa shape index (κ2) is 5.96. The molecule has 0 aliphatic heterocycles. The van der Waals surface area contributed by atoms with Gasteiger partial charge in [-0.05, 0) is 26.3 Å². The first kappa shape index (κ1) is 15.4. The lowest BCUT2D eigenvalue weighted by atomic mass is 10.2. The Morgan fingerprint density at radius 3 is 2.64 bits per heavy atom. The molecule has 0 fully saturated rings. The number of thiazole rings is 1. The summed E-state index contributed by atoms with van der Waals surface area (Å²) in [5.41, 5.74) is 4.36. The molecule has 0 aliphatic carbocycles. The van der Waals surface area contributed by atoms with Crippen LogP contribution in [0.1, 0.15) is 47.4 Å². The zero-order valence-electron chi connectivity index (χ0n) is 13.4. The standard InChI is InChI=1S/C15H19N5S2/c1-8(2)13-17-12(6-21-13)7-22-15-18-14-16-10(4)9(3)11(5)20(14)19-15/h6,8H,7H2,1-5H3. The Hall–Kier alpha value is -1.47. The quantitative estimate of drug-likeness (QED) is 0.677. The smallest absolute Gasteiger partial charge is 0.245 e. The molecule has 3 rings (SSSR count). The molecule has 116 valence electrons. The largest absolute Gasteiger partial charge is 0.253 e. The molecule has 0 radical (unpaired) electrons. The molecule has 0 atom stereocenters. The van der Waals surface area contributed by atoms with Crippen molar-refractivity contribution < 1.29 is 0 Å². The van der Waals surface area contributed by atoms with Gasteiger partial charge in [0.05, 0.1) is 10.7 Å². The molecule has 0 N–H and O–H groups in total. The number of rotatable bonds is 4. The summed E-state index contributed by atoms with van der Waals surface area (Å²) in [4.78, 5) is 13.7. The van der Waals surface area contributed by atoms with Gasteiger partial charge in [0.15, 0.2) is 0 Å². The summed E-state index contributed by atoms with van der Waals surface area (Å²) in [7, 11) is 0. The van der Waals surface area contributed by atoms with E-state index < -0.39 is 0 Å². The van der Waals surface area contributed by atoms with Gasteiger partial charge in [0.25, 0.3) is 5.78 Å². The third kappa shape index (κ3) is 2.87. The molecule has 0 bridgehead atoms. The fraction of sp³-hybridized carbons (Fsp3) is 0.467. The fourth-order valence-electron chi connectivity index (χ4n) is 2.09. The van der Waals surface area contributed by atoms with E-state index in [9.17, 15) is 0 Å². The minimum Gasteiger partial charge on any atom is -0.245 e. The molecule has 0 spiro atoms. The summed E-state index contributed by atoms with van der Waals surface area (Å²) in [6.07, 6.45) is 0. The Bertz CT molecular complexity index is 819. The molecule has 0 aromatic carbocycles. The van der Waals surface area contributed by atoms with Gasteiger partial charge in [0.2, 0.25) is 5.16 Å². The molecule has 3 heterocycles. The Kier molecular flexibility index (Phi) is 4.18. The Morgan fingerprint density at radius 2 is 1.95 bits per heavy atom. The van der Waals surface area contributed by atoms with Crippen LogP contribution in [-0.4, -0.2) is 24.6 Å². The van der Waals surface area contributed by atoms with E-state index in [1.54, 1.807) is 23.1 Å². The molecule has 0 saturated carbocycles. The van der Waals surface area contributed by atoms with Gasteiger partial charge in [-0.1, -0.05) is 25.6 Å². The van der Waals surface area contributed by atoms with Crippen molar-refractivity contribution in [2.75, 3.05) is 0 Å². The maximum absolute atomic E-state index is 4.64. The number of aromatic nitrogens is 5. The van der Waals surface area contributed by atoms with Gasteiger partial charge >= 0.3 is 0 Å². The fourth-order valence-corrected chi connectivity index (χ4v) is 3.74. The number of thioether (sulfide) groups is 1. The minimum absolute atomic E-state index is 0.481. The first-order valence-corrected chi connectivity index (χ1v) is 9.10. The van der Waals surface area contributed by atoms with E-state index in [2.05, 4.69) is 53.1 Å². The zero-order valence-corrected chi connectivity index (χ0v) is 15.0. The van der Waals surface area contributed by atoms with Crippen LogP contribution in [0.15, 0.2) is 10.5 Å². The molecular formula is C15H19N5S2. The van der Waals surface area contributed by atoms with Crippen LogP contribution >= 0.6 is 23.1 Å². The van der Waals surface area contributed by atoms with Gasteiger partial charge in [-0.25, -0.2) is 14.5 Å². The van der Waals surface area contributed by atoms with Crippen LogP contribution in [0, 0.1) is 20.8 Å². The molecule has 0 unspecified atom stereocenters. The van der Waals surface area contributed by atoms with E-state index in [1.807, 2.05) is 11.4 Å². The maximum atomic E-state index is 4.64. The minimum atomic E-state index is 0.481. The van der Waals surface area contributed by atoms with Gasteiger partial charge in [-0.15, -0.1) is 16.4 Å². The van der Waals surface area contributed by atoms with Gasteiger partial charge in [0.1, 0.15) is 0 Å². The van der Waals surface area contributed by atoms with Crippen LogP contribution in [0.3, 0.4) is 0 Å². The van der Waals surface area contributed by atoms with Crippen LogP contribution in [0.2, 0.25) is 0 Å². The summed E-state index contributed by atoms with van der Waals surface area (Å²) >= 11 is 3.33. The highest BCUT2D eigenvalue weighted by molar-refractivity contribution is 7.98. The molecule has 0 saturated heterocycles. The molecule has 3 aromatic rings. The van der Waals surface area contributed by atoms with Crippen LogP contribution in [0.4, 0.5) is 0 Å². The van der Waals surface area contributed by atoms with Crippen LogP contribution in [0.25, 0.3) is 5.78 Å². The van der Waals surface area contributed by atoms with E-state index in [1.165, 1.54) is 5.01 Å². The summed E-state index contributed by atoms with van der Waals surface area (Å²) in [6.45, 7) is 10.5. The van der Waals surface area contributed by atoms with Gasteiger partial charge in [0, 0.05) is 28.4 Å². The van der Waals surface area contributed by atoms with Crippen LogP contribution in [0.5, 0.6) is 0 Å². The molecule has 5 nitrogen and oxygen atoms in total. The van der Waals surface area contributed by atoms with E-state index >= 15 is 0 Å². The third-order valence-electron chi connectivity index (χ3n) is 3.65. The van der Waals surface area contributed by atoms with Crippen molar-refractivity contribution in [1.82, 2.24) is 24.6 Å². The molecule has 3 aromatic heterocycles. The lowest BCUT2D eigenvalue weighted by Gasteiger charge is -2.04. The number of nitrogens with zero attached hydrogens (tertiary/aromatic N) is 5. The monoisotopic (exact) mass is 333 g/mol. The average Bonchev–Trinajstić information content (AvgIpc) is 3.09. The highest BCUT2D eigenvalue weighted by Gasteiger charge is 2.12. The van der Waals surface area contributed by atoms with Crippen LogP contribution in [-0.2, 0) is 5.75 Å². The van der Waals surface area contributed by atoms with Crippen molar-refractivity contribution in [2.45, 2.75) is 51.4 Å². The summed E-state index contributed by atoms with van der Waals surface area (Å²) in [6, 6.07) is 0. The van der Waals surface area contributed by atoms with Crippen molar-refractivity contribution >= 4 is 28.9 Å². The van der Waals surface area contributed by atoms with E-state index in [0.29, 0.717) is 11.7 Å². The number of hydrogen-bond donors (Lipinski definition) is 0. The predicted molar refractivity (Wildman–Crippen MR) is 90.8 cm³/mol. The van der Waals surface area contributed by atoms with Gasteiger partial charge in [-0.3, -0.25) is 0 Å². The highest BCUT2D eigenvalue weighted by atomic mass is 32.2. The first-order chi connectivity index (χ1) is 10.5. The Labute approximate surface area is 138 Å². The summed E-state index contributed by atoms with van der Waals surface area (Å²) < 4.78 is 1.82. The lowest BCUT2D eigenvalue weighted by Crippen LogP contribution is -2.02. The van der Waals surface area contributed by atoms with Crippen molar-refractivity contribution in [2.24, 2.45) is 0 Å². The van der Waals surface area contributed by atoms with Crippen molar-refractivity contribution in [3.8, 4) is 0 Å². The molecule has 0 aliphatic rings. The van der Waals surface area contributed by atoms with Crippen LogP contribution < -0.4 is 0 Å². The SMILES string of the molecule is Cc1nc2nc(SCc3csc(C(C)C)n3)nn2c(C)c1C. The Morgan fingerprint density at radius 1 is 1.18 bits per heavy atom. The first-order valence-electron chi connectivity index (χ1n) is 7.23. The van der Waals surface area contributed by atoms with Gasteiger partial charge in [-0.2, -0.15) is 4.98 Å². The second-order valence-corrected chi connectivity index (χ2v) is 7.47. The normalized spacial score (nSPS) is 11.7. The summed E-state index contributed by atoms with van der Waals surface area (Å²) in [5, 5.41) is 8.61. The van der Waals surface area contributed by atoms with E-state index in [-0.39, 0.29) is 0 Å². The topological polar surface area (TPSA) is 56.0 Å². The predicted octanol–water partition coefficient (Wildman–Crippen LogP) is 3.92. The van der Waals surface area contributed by atoms with Gasteiger partial charge < -0.3 is 0 Å². The zero-order chi connectivity index (χ0) is 15.9. The molecular weight excluding hydrogens is 314 g/mol. The molecule has 0 amide bonds. The van der Waals surface area contributed by atoms with Crippen molar-refractivity contribution in [1.29, 1.82) is 0 Å². The third-order valence-corrected chi connectivity index (χ3v) is 5.72. The van der Waals surface area contributed by atoms with Crippen molar-refractivity contribution in [3.05, 3.63) is 33.0 Å². The maximum Gasteiger partial charge on any atom is 0.253 e. The lowest BCUT2D eigenvalue weighted by molar-refractivity contribution is 0.831. The number of aryl methyl sites for hydroxylation is 2. The van der Waals surface area contributed by atoms with E-state index in [4.69, 9.17) is 0 Å².